The Morgan fingerprint density at radius 2 is 1.96 bits per heavy atom. The van der Waals surface area contributed by atoms with E-state index in [1.54, 1.807) is 23.9 Å². The predicted molar refractivity (Wildman–Crippen MR) is 106 cm³/mol. The molecule has 4 aromatic rings. The quantitative estimate of drug-likeness (QED) is 0.416. The highest BCUT2D eigenvalue weighted by atomic mass is 35.5. The summed E-state index contributed by atoms with van der Waals surface area (Å²) in [6, 6.07) is 14.2. The first-order chi connectivity index (χ1) is 13.1. The molecule has 0 radical (unpaired) electrons. The van der Waals surface area contributed by atoms with Crippen molar-refractivity contribution < 1.29 is 9.13 Å². The normalized spacial score (nSPS) is 11.1. The first-order valence-corrected chi connectivity index (χ1v) is 9.56. The molecule has 0 N–H and O–H groups in total. The molecular weight excluding hydrogens is 385 g/mol. The van der Waals surface area contributed by atoms with Crippen LogP contribution in [0.5, 0.6) is 5.75 Å². The third-order valence-electron chi connectivity index (χ3n) is 4.12. The summed E-state index contributed by atoms with van der Waals surface area (Å²) in [4.78, 5) is 4.47. The summed E-state index contributed by atoms with van der Waals surface area (Å²) >= 11 is 7.66. The highest BCUT2D eigenvalue weighted by Gasteiger charge is 2.11. The van der Waals surface area contributed by atoms with Crippen LogP contribution in [0.3, 0.4) is 0 Å². The average Bonchev–Trinajstić information content (AvgIpc) is 3.12. The molecule has 4 rings (SSSR count). The number of benzene rings is 2. The van der Waals surface area contributed by atoms with Crippen LogP contribution < -0.4 is 4.74 Å². The molecule has 2 heterocycles. The van der Waals surface area contributed by atoms with Gasteiger partial charge in [0.2, 0.25) is 0 Å². The summed E-state index contributed by atoms with van der Waals surface area (Å²) in [6.45, 7) is 0. The van der Waals surface area contributed by atoms with Crippen molar-refractivity contribution >= 4 is 28.9 Å². The molecule has 0 spiro atoms. The van der Waals surface area contributed by atoms with E-state index in [1.807, 2.05) is 36.5 Å². The molecule has 2 aromatic carbocycles. The molecule has 0 unspecified atom stereocenters. The van der Waals surface area contributed by atoms with Gasteiger partial charge in [-0.15, -0.1) is 0 Å². The number of thioether (sulfide) groups is 1. The number of aromatic nitrogens is 3. The van der Waals surface area contributed by atoms with Gasteiger partial charge in [-0.2, -0.15) is 5.10 Å². The Balaban J connectivity index is 1.62. The van der Waals surface area contributed by atoms with Crippen LogP contribution in [-0.4, -0.2) is 21.7 Å². The minimum atomic E-state index is -0.339. The molecule has 136 valence electrons. The number of rotatable bonds is 5. The number of hydrogen-bond acceptors (Lipinski definition) is 4. The van der Waals surface area contributed by atoms with Crippen LogP contribution in [0.2, 0.25) is 5.02 Å². The maximum Gasteiger partial charge on any atom is 0.124 e. The third kappa shape index (κ3) is 3.77. The van der Waals surface area contributed by atoms with E-state index < -0.39 is 0 Å². The van der Waals surface area contributed by atoms with Crippen molar-refractivity contribution in [1.29, 1.82) is 0 Å². The van der Waals surface area contributed by atoms with Crippen LogP contribution >= 0.6 is 23.4 Å². The lowest BCUT2D eigenvalue weighted by molar-refractivity contribution is 0.415. The Morgan fingerprint density at radius 3 is 2.70 bits per heavy atom. The number of halogens is 2. The lowest BCUT2D eigenvalue weighted by Crippen LogP contribution is -1.92. The molecule has 0 aliphatic heterocycles. The number of fused-ring (bicyclic) bond motifs is 1. The fourth-order valence-corrected chi connectivity index (χ4v) is 3.99. The fourth-order valence-electron chi connectivity index (χ4n) is 2.70. The third-order valence-corrected chi connectivity index (χ3v) is 5.51. The van der Waals surface area contributed by atoms with E-state index in [9.17, 15) is 4.39 Å². The number of hydrogen-bond donors (Lipinski definition) is 0. The van der Waals surface area contributed by atoms with Gasteiger partial charge in [0, 0.05) is 28.7 Å². The first kappa shape index (κ1) is 17.8. The van der Waals surface area contributed by atoms with Gasteiger partial charge in [-0.1, -0.05) is 29.4 Å². The number of ether oxygens (including phenoxy) is 1. The second kappa shape index (κ2) is 7.58. The van der Waals surface area contributed by atoms with Crippen LogP contribution in [0.15, 0.2) is 66.0 Å². The van der Waals surface area contributed by atoms with Crippen molar-refractivity contribution in [3.63, 3.8) is 0 Å². The standard InChI is InChI=1S/C20H15ClFN3OS/c1-26-16-6-3-13(4-7-16)18-11-19-20(23-8-9-25(19)24-18)27-12-14-2-5-15(22)10-17(14)21/h2-11H,12H2,1H3. The van der Waals surface area contributed by atoms with E-state index in [0.29, 0.717) is 10.8 Å². The van der Waals surface area contributed by atoms with Crippen LogP contribution in [0.1, 0.15) is 5.56 Å². The molecule has 4 nitrogen and oxygen atoms in total. The summed E-state index contributed by atoms with van der Waals surface area (Å²) in [6.07, 6.45) is 3.53. The van der Waals surface area contributed by atoms with Crippen molar-refractivity contribution in [2.75, 3.05) is 7.11 Å². The second-order valence-corrected chi connectivity index (χ2v) is 7.22. The van der Waals surface area contributed by atoms with E-state index in [0.717, 1.165) is 33.1 Å². The zero-order chi connectivity index (χ0) is 18.8. The Kier molecular flexibility index (Phi) is 5.01. The van der Waals surface area contributed by atoms with Crippen molar-refractivity contribution in [2.45, 2.75) is 10.8 Å². The topological polar surface area (TPSA) is 39.4 Å². The van der Waals surface area contributed by atoms with Crippen molar-refractivity contribution in [1.82, 2.24) is 14.6 Å². The Morgan fingerprint density at radius 1 is 1.15 bits per heavy atom. The SMILES string of the molecule is COc1ccc(-c2cc3c(SCc4ccc(F)cc4Cl)nccn3n2)cc1. The summed E-state index contributed by atoms with van der Waals surface area (Å²) in [5, 5.41) is 5.89. The summed E-state index contributed by atoms with van der Waals surface area (Å²) in [5.74, 6) is 1.06. The summed E-state index contributed by atoms with van der Waals surface area (Å²) in [7, 11) is 1.64. The Hall–Kier alpha value is -2.57. The maximum absolute atomic E-state index is 13.2. The van der Waals surface area contributed by atoms with E-state index in [1.165, 1.54) is 23.9 Å². The monoisotopic (exact) mass is 399 g/mol. The second-order valence-electron chi connectivity index (χ2n) is 5.84. The molecule has 0 saturated carbocycles. The van der Waals surface area contributed by atoms with Gasteiger partial charge >= 0.3 is 0 Å². The molecule has 0 atom stereocenters. The highest BCUT2D eigenvalue weighted by molar-refractivity contribution is 7.98. The van der Waals surface area contributed by atoms with Gasteiger partial charge in [0.1, 0.15) is 16.6 Å². The van der Waals surface area contributed by atoms with Crippen LogP contribution in [0.4, 0.5) is 4.39 Å². The van der Waals surface area contributed by atoms with Crippen LogP contribution in [-0.2, 0) is 5.75 Å². The molecule has 0 aliphatic carbocycles. The van der Waals surface area contributed by atoms with Crippen LogP contribution in [0.25, 0.3) is 16.8 Å². The smallest absolute Gasteiger partial charge is 0.124 e. The molecular formula is C20H15ClFN3OS. The van der Waals surface area contributed by atoms with Crippen molar-refractivity contribution in [3.05, 3.63) is 77.3 Å². The van der Waals surface area contributed by atoms with Gasteiger partial charge in [0.05, 0.1) is 18.3 Å². The number of methoxy groups -OCH3 is 1. The van der Waals surface area contributed by atoms with Gasteiger partial charge in [-0.3, -0.25) is 0 Å². The molecule has 7 heteroatoms. The zero-order valence-corrected chi connectivity index (χ0v) is 16.0. The minimum Gasteiger partial charge on any atom is -0.497 e. The highest BCUT2D eigenvalue weighted by Crippen LogP contribution is 2.30. The molecule has 27 heavy (non-hydrogen) atoms. The predicted octanol–water partition coefficient (Wildman–Crippen LogP) is 5.49. The number of nitrogens with zero attached hydrogens (tertiary/aromatic N) is 3. The first-order valence-electron chi connectivity index (χ1n) is 8.19. The maximum atomic E-state index is 13.2. The Bertz CT molecular complexity index is 1100. The van der Waals surface area contributed by atoms with E-state index in [-0.39, 0.29) is 5.82 Å². The largest absolute Gasteiger partial charge is 0.497 e. The molecule has 0 fully saturated rings. The summed E-state index contributed by atoms with van der Waals surface area (Å²) in [5.41, 5.74) is 3.62. The van der Waals surface area contributed by atoms with Crippen molar-refractivity contribution in [2.24, 2.45) is 0 Å². The van der Waals surface area contributed by atoms with Gasteiger partial charge in [0.25, 0.3) is 0 Å². The summed E-state index contributed by atoms with van der Waals surface area (Å²) < 4.78 is 20.2. The average molecular weight is 400 g/mol. The van der Waals surface area contributed by atoms with E-state index in [2.05, 4.69) is 10.1 Å². The molecule has 0 amide bonds. The minimum absolute atomic E-state index is 0.339. The molecule has 0 saturated heterocycles. The van der Waals surface area contributed by atoms with E-state index in [4.69, 9.17) is 16.3 Å². The van der Waals surface area contributed by atoms with Gasteiger partial charge in [-0.05, 0) is 48.0 Å². The lowest BCUT2D eigenvalue weighted by atomic mass is 10.1. The molecule has 2 aromatic heterocycles. The van der Waals surface area contributed by atoms with Gasteiger partial charge in [0.15, 0.2) is 0 Å². The zero-order valence-electron chi connectivity index (χ0n) is 14.4. The Labute approximate surface area is 165 Å². The van der Waals surface area contributed by atoms with Gasteiger partial charge < -0.3 is 4.74 Å². The fraction of sp³-hybridized carbons (Fsp3) is 0.100. The van der Waals surface area contributed by atoms with E-state index >= 15 is 0 Å². The van der Waals surface area contributed by atoms with Gasteiger partial charge in [-0.25, -0.2) is 13.9 Å². The lowest BCUT2D eigenvalue weighted by Gasteiger charge is -2.05. The van der Waals surface area contributed by atoms with Crippen molar-refractivity contribution in [3.8, 4) is 17.0 Å². The molecule has 0 bridgehead atoms. The molecule has 0 aliphatic rings. The van der Waals surface area contributed by atoms with Crippen LogP contribution in [0, 0.1) is 5.82 Å².